The van der Waals surface area contributed by atoms with Crippen LogP contribution in [0.3, 0.4) is 0 Å². The standard InChI is InChI=1S/C23H21F4N5O3/c1-13(32-7-6-23(26,27)16(12-32)14-2-5-20(33)29-9-14)22(34)31-19-10-30-21(11-28-19)35-18-4-3-15(24)8-17(18)25/h2-5,8-11,13,16H,6-7,12H2,1H3,(H,29,33)(H,28,31,34)/t13-,16+/m0/s1. The number of aromatic nitrogens is 3. The lowest BCUT2D eigenvalue weighted by Crippen LogP contribution is -2.52. The van der Waals surface area contributed by atoms with Crippen LogP contribution in [-0.4, -0.2) is 50.8 Å². The van der Waals surface area contributed by atoms with E-state index in [0.29, 0.717) is 6.07 Å². The highest BCUT2D eigenvalue weighted by atomic mass is 19.3. The van der Waals surface area contributed by atoms with Crippen LogP contribution in [0.5, 0.6) is 11.6 Å². The number of piperidine rings is 1. The third-order valence-electron chi connectivity index (χ3n) is 5.78. The Bertz CT molecular complexity index is 1250. The molecule has 1 aliphatic heterocycles. The van der Waals surface area contributed by atoms with Crippen molar-refractivity contribution in [3.05, 3.63) is 76.5 Å². The molecule has 1 aliphatic rings. The number of amides is 1. The number of likely N-dealkylation sites (tertiary alicyclic amines) is 1. The van der Waals surface area contributed by atoms with Gasteiger partial charge in [0, 0.05) is 37.8 Å². The molecule has 8 nitrogen and oxygen atoms in total. The van der Waals surface area contributed by atoms with Gasteiger partial charge >= 0.3 is 0 Å². The van der Waals surface area contributed by atoms with Crippen LogP contribution in [0.25, 0.3) is 0 Å². The Morgan fingerprint density at radius 1 is 1.23 bits per heavy atom. The molecule has 1 saturated heterocycles. The third-order valence-corrected chi connectivity index (χ3v) is 5.78. The van der Waals surface area contributed by atoms with E-state index in [-0.39, 0.29) is 36.1 Å². The molecule has 3 heterocycles. The van der Waals surface area contributed by atoms with Crippen LogP contribution in [0.15, 0.2) is 53.7 Å². The van der Waals surface area contributed by atoms with Crippen molar-refractivity contribution in [2.45, 2.75) is 31.2 Å². The smallest absolute Gasteiger partial charge is 0.257 e. The van der Waals surface area contributed by atoms with Crippen LogP contribution >= 0.6 is 0 Å². The molecule has 1 amide bonds. The zero-order chi connectivity index (χ0) is 25.2. The topological polar surface area (TPSA) is 100 Å². The van der Waals surface area contributed by atoms with E-state index in [2.05, 4.69) is 20.3 Å². The second-order valence-corrected chi connectivity index (χ2v) is 8.13. The minimum absolute atomic E-state index is 0.00311. The Morgan fingerprint density at radius 2 is 2.03 bits per heavy atom. The summed E-state index contributed by atoms with van der Waals surface area (Å²) in [5.74, 6) is -6.58. The first kappa shape index (κ1) is 24.3. The number of ether oxygens (including phenoxy) is 1. The Kier molecular flexibility index (Phi) is 6.83. The maximum absolute atomic E-state index is 14.6. The average molecular weight is 491 g/mol. The van der Waals surface area contributed by atoms with Crippen LogP contribution in [0.4, 0.5) is 23.4 Å². The molecule has 35 heavy (non-hydrogen) atoms. The number of halogens is 4. The molecule has 2 N–H and O–H groups in total. The average Bonchev–Trinajstić information content (AvgIpc) is 2.82. The molecule has 2 aromatic heterocycles. The monoisotopic (exact) mass is 491 g/mol. The van der Waals surface area contributed by atoms with Gasteiger partial charge in [0.1, 0.15) is 5.82 Å². The van der Waals surface area contributed by atoms with Gasteiger partial charge in [-0.15, -0.1) is 0 Å². The number of nitrogens with zero attached hydrogens (tertiary/aromatic N) is 3. The van der Waals surface area contributed by atoms with Gasteiger partial charge in [-0.1, -0.05) is 6.07 Å². The molecule has 0 spiro atoms. The van der Waals surface area contributed by atoms with Gasteiger partial charge in [-0.2, -0.15) is 0 Å². The number of aromatic amines is 1. The number of nitrogens with one attached hydrogen (secondary N) is 2. The highest BCUT2D eigenvalue weighted by Crippen LogP contribution is 2.40. The molecule has 0 aliphatic carbocycles. The number of benzene rings is 1. The zero-order valence-electron chi connectivity index (χ0n) is 18.5. The quantitative estimate of drug-likeness (QED) is 0.511. The first-order valence-electron chi connectivity index (χ1n) is 10.7. The molecule has 12 heteroatoms. The van der Waals surface area contributed by atoms with Crippen molar-refractivity contribution in [2.24, 2.45) is 0 Å². The fourth-order valence-corrected chi connectivity index (χ4v) is 3.77. The van der Waals surface area contributed by atoms with Gasteiger partial charge in [0.05, 0.1) is 24.4 Å². The summed E-state index contributed by atoms with van der Waals surface area (Å²) in [7, 11) is 0. The van der Waals surface area contributed by atoms with Crippen LogP contribution < -0.4 is 15.6 Å². The first-order valence-corrected chi connectivity index (χ1v) is 10.7. The lowest BCUT2D eigenvalue weighted by molar-refractivity contribution is -0.125. The number of anilines is 1. The maximum Gasteiger partial charge on any atom is 0.257 e. The molecule has 4 rings (SSSR count). The summed E-state index contributed by atoms with van der Waals surface area (Å²) in [5.41, 5.74) is -0.108. The van der Waals surface area contributed by atoms with E-state index < -0.39 is 47.4 Å². The minimum Gasteiger partial charge on any atom is -0.434 e. The number of carbonyl (C=O) groups excluding carboxylic acids is 1. The van der Waals surface area contributed by atoms with Crippen molar-refractivity contribution >= 4 is 11.7 Å². The van der Waals surface area contributed by atoms with Gasteiger partial charge in [0.25, 0.3) is 5.92 Å². The summed E-state index contributed by atoms with van der Waals surface area (Å²) >= 11 is 0. The third kappa shape index (κ3) is 5.65. The Morgan fingerprint density at radius 3 is 2.69 bits per heavy atom. The fourth-order valence-electron chi connectivity index (χ4n) is 3.77. The van der Waals surface area contributed by atoms with E-state index in [0.717, 1.165) is 18.3 Å². The summed E-state index contributed by atoms with van der Waals surface area (Å²) in [5, 5.41) is 2.56. The molecule has 1 aromatic carbocycles. The van der Waals surface area contributed by atoms with Crippen molar-refractivity contribution in [3.8, 4) is 11.6 Å². The van der Waals surface area contributed by atoms with Gasteiger partial charge in [0.2, 0.25) is 17.3 Å². The summed E-state index contributed by atoms with van der Waals surface area (Å²) in [6, 6.07) is 4.59. The number of hydrogen-bond acceptors (Lipinski definition) is 6. The van der Waals surface area contributed by atoms with Gasteiger partial charge < -0.3 is 15.0 Å². The summed E-state index contributed by atoms with van der Waals surface area (Å²) in [6.45, 7) is 1.50. The minimum atomic E-state index is -2.99. The van der Waals surface area contributed by atoms with E-state index in [1.165, 1.54) is 24.5 Å². The second kappa shape index (κ2) is 9.82. The molecule has 2 atom stereocenters. The predicted molar refractivity (Wildman–Crippen MR) is 117 cm³/mol. The molecule has 0 bridgehead atoms. The molecule has 184 valence electrons. The SMILES string of the molecule is C[C@@H](C(=O)Nc1cnc(Oc2ccc(F)cc2F)cn1)N1CCC(F)(F)[C@@H](c2ccc(=O)[nH]c2)C1. The highest BCUT2D eigenvalue weighted by molar-refractivity contribution is 5.93. The molecule has 0 unspecified atom stereocenters. The molecular formula is C23H21F4N5O3. The number of carbonyl (C=O) groups is 1. The molecule has 3 aromatic rings. The summed E-state index contributed by atoms with van der Waals surface area (Å²) in [6.07, 6.45) is 3.16. The fraction of sp³-hybridized carbons (Fsp3) is 0.304. The normalized spacial score (nSPS) is 18.6. The van der Waals surface area contributed by atoms with Crippen LogP contribution in [0.2, 0.25) is 0 Å². The largest absolute Gasteiger partial charge is 0.434 e. The zero-order valence-corrected chi connectivity index (χ0v) is 18.5. The van der Waals surface area contributed by atoms with Gasteiger partial charge in [-0.3, -0.25) is 14.5 Å². The molecule has 0 saturated carbocycles. The molecular weight excluding hydrogens is 470 g/mol. The van der Waals surface area contributed by atoms with Gasteiger partial charge in [-0.25, -0.2) is 27.5 Å². The van der Waals surface area contributed by atoms with Crippen molar-refractivity contribution in [1.29, 1.82) is 0 Å². The Balaban J connectivity index is 1.39. The summed E-state index contributed by atoms with van der Waals surface area (Å²) in [4.78, 5) is 36.0. The number of hydrogen-bond donors (Lipinski definition) is 2. The van der Waals surface area contributed by atoms with E-state index in [1.54, 1.807) is 11.8 Å². The number of rotatable bonds is 6. The second-order valence-electron chi connectivity index (χ2n) is 8.13. The van der Waals surface area contributed by atoms with Gasteiger partial charge in [0.15, 0.2) is 17.4 Å². The van der Waals surface area contributed by atoms with Crippen molar-refractivity contribution < 1.29 is 27.1 Å². The van der Waals surface area contributed by atoms with Crippen LogP contribution in [-0.2, 0) is 4.79 Å². The number of H-pyrrole nitrogens is 1. The number of pyridine rings is 1. The lowest BCUT2D eigenvalue weighted by Gasteiger charge is -2.40. The Hall–Kier alpha value is -3.80. The van der Waals surface area contributed by atoms with Crippen LogP contribution in [0, 0.1) is 11.6 Å². The first-order chi connectivity index (χ1) is 16.6. The highest BCUT2D eigenvalue weighted by Gasteiger charge is 2.46. The van der Waals surface area contributed by atoms with Crippen LogP contribution in [0.1, 0.15) is 24.8 Å². The van der Waals surface area contributed by atoms with Crippen molar-refractivity contribution in [3.63, 3.8) is 0 Å². The summed E-state index contributed by atoms with van der Waals surface area (Å²) < 4.78 is 61.1. The van der Waals surface area contributed by atoms with E-state index in [4.69, 9.17) is 4.74 Å². The lowest BCUT2D eigenvalue weighted by atomic mass is 9.87. The Labute approximate surface area is 197 Å². The van der Waals surface area contributed by atoms with Crippen molar-refractivity contribution in [1.82, 2.24) is 19.9 Å². The molecule has 0 radical (unpaired) electrons. The van der Waals surface area contributed by atoms with E-state index in [9.17, 15) is 27.2 Å². The molecule has 1 fully saturated rings. The van der Waals surface area contributed by atoms with Crippen molar-refractivity contribution in [2.75, 3.05) is 18.4 Å². The number of alkyl halides is 2. The van der Waals surface area contributed by atoms with Gasteiger partial charge in [-0.05, 0) is 24.6 Å². The maximum atomic E-state index is 14.6. The van der Waals surface area contributed by atoms with E-state index in [1.807, 2.05) is 0 Å². The van der Waals surface area contributed by atoms with E-state index >= 15 is 0 Å². The predicted octanol–water partition coefficient (Wildman–Crippen LogP) is 3.69.